The zero-order chi connectivity index (χ0) is 21.8. The Hall–Kier alpha value is -2.69. The zero-order valence-corrected chi connectivity index (χ0v) is 18.2. The van der Waals surface area contributed by atoms with E-state index >= 15 is 0 Å². The number of hydrogen-bond donors (Lipinski definition) is 0. The first-order valence-electron chi connectivity index (χ1n) is 11.4. The molecule has 2 aliphatic heterocycles. The van der Waals surface area contributed by atoms with Gasteiger partial charge < -0.3 is 9.80 Å². The van der Waals surface area contributed by atoms with Gasteiger partial charge in [-0.1, -0.05) is 31.2 Å². The molecule has 164 valence electrons. The lowest BCUT2D eigenvalue weighted by molar-refractivity contribution is 0.0897. The monoisotopic (exact) mass is 422 g/mol. The highest BCUT2D eigenvalue weighted by Crippen LogP contribution is 2.33. The van der Waals surface area contributed by atoms with Gasteiger partial charge in [0.15, 0.2) is 5.78 Å². The van der Waals surface area contributed by atoms with Crippen LogP contribution in [0.25, 0.3) is 0 Å². The van der Waals surface area contributed by atoms with Crippen molar-refractivity contribution in [2.24, 2.45) is 5.92 Å². The van der Waals surface area contributed by atoms with E-state index in [-0.39, 0.29) is 29.5 Å². The van der Waals surface area contributed by atoms with Crippen molar-refractivity contribution in [2.75, 3.05) is 26.2 Å². The van der Waals surface area contributed by atoms with Crippen LogP contribution in [-0.2, 0) is 6.42 Å². The van der Waals surface area contributed by atoms with Crippen LogP contribution in [0, 0.1) is 11.7 Å². The van der Waals surface area contributed by atoms with Gasteiger partial charge in [0.25, 0.3) is 0 Å². The minimum absolute atomic E-state index is 0.0144. The molecule has 2 atom stereocenters. The first-order chi connectivity index (χ1) is 15.0. The van der Waals surface area contributed by atoms with E-state index < -0.39 is 0 Å². The summed E-state index contributed by atoms with van der Waals surface area (Å²) in [7, 11) is 0. The topological polar surface area (TPSA) is 40.6 Å². The first-order valence-corrected chi connectivity index (χ1v) is 11.4. The number of aryl methyl sites for hydroxylation is 1. The number of ketones is 1. The Morgan fingerprint density at radius 3 is 2.26 bits per heavy atom. The van der Waals surface area contributed by atoms with Gasteiger partial charge in [0.2, 0.25) is 0 Å². The molecule has 2 saturated heterocycles. The van der Waals surface area contributed by atoms with Gasteiger partial charge in [-0.2, -0.15) is 0 Å². The summed E-state index contributed by atoms with van der Waals surface area (Å²) in [5, 5.41) is 0. The molecule has 31 heavy (non-hydrogen) atoms. The Balaban J connectivity index is 1.52. The molecule has 0 N–H and O–H groups in total. The highest BCUT2D eigenvalue weighted by molar-refractivity contribution is 5.96. The number of hydrogen-bond acceptors (Lipinski definition) is 2. The Labute approximate surface area is 184 Å². The van der Waals surface area contributed by atoms with Crippen molar-refractivity contribution in [3.8, 4) is 0 Å². The van der Waals surface area contributed by atoms with Gasteiger partial charge >= 0.3 is 6.03 Å². The molecule has 2 aliphatic rings. The van der Waals surface area contributed by atoms with Crippen molar-refractivity contribution >= 4 is 11.8 Å². The number of nitrogens with zero attached hydrogens (tertiary/aromatic N) is 2. The quantitative estimate of drug-likeness (QED) is 0.615. The van der Waals surface area contributed by atoms with E-state index in [1.165, 1.54) is 23.3 Å². The summed E-state index contributed by atoms with van der Waals surface area (Å²) >= 11 is 0. The Morgan fingerprint density at radius 2 is 1.61 bits per heavy atom. The first kappa shape index (κ1) is 21.5. The molecule has 4 nitrogen and oxygen atoms in total. The molecule has 4 rings (SSSR count). The average molecular weight is 423 g/mol. The molecule has 2 fully saturated rings. The van der Waals surface area contributed by atoms with Crippen LogP contribution in [-0.4, -0.2) is 47.8 Å². The summed E-state index contributed by atoms with van der Waals surface area (Å²) in [6.45, 7) is 5.09. The number of rotatable bonds is 5. The van der Waals surface area contributed by atoms with E-state index in [0.717, 1.165) is 38.8 Å². The van der Waals surface area contributed by atoms with Crippen LogP contribution in [0.2, 0.25) is 0 Å². The number of likely N-dealkylation sites (tertiary alicyclic amines) is 2. The van der Waals surface area contributed by atoms with Crippen molar-refractivity contribution in [1.82, 2.24) is 9.80 Å². The Kier molecular flexibility index (Phi) is 6.69. The van der Waals surface area contributed by atoms with Gasteiger partial charge in [-0.15, -0.1) is 0 Å². The molecule has 2 aromatic carbocycles. The van der Waals surface area contributed by atoms with Crippen LogP contribution in [0.4, 0.5) is 9.18 Å². The molecule has 0 aliphatic carbocycles. The molecule has 0 bridgehead atoms. The fourth-order valence-electron chi connectivity index (χ4n) is 4.90. The van der Waals surface area contributed by atoms with Gasteiger partial charge in [-0.05, 0) is 67.0 Å². The maximum atomic E-state index is 13.2. The van der Waals surface area contributed by atoms with Crippen molar-refractivity contribution in [3.05, 3.63) is 71.0 Å². The number of Topliss-reactive ketones (excluding diaryl/α,β-unsaturated/α-hetero) is 1. The van der Waals surface area contributed by atoms with Crippen LogP contribution in [0.1, 0.15) is 60.0 Å². The molecule has 2 aromatic rings. The molecule has 2 heterocycles. The lowest BCUT2D eigenvalue weighted by atomic mass is 9.81. The number of carbonyl (C=O) groups is 2. The molecule has 0 radical (unpaired) electrons. The number of benzene rings is 2. The second kappa shape index (κ2) is 9.63. The van der Waals surface area contributed by atoms with Crippen LogP contribution < -0.4 is 0 Å². The number of carbonyl (C=O) groups excluding carboxylic acids is 2. The standard InChI is InChI=1S/C26H31FN2O2/c1-2-19-5-7-21(8-6-19)23-15-20(16-25(30)22-9-11-24(27)12-10-22)17-29(18-23)26(31)28-13-3-4-14-28/h5-12,20,23H,2-4,13-18H2,1H3. The van der Waals surface area contributed by atoms with E-state index in [0.29, 0.717) is 25.1 Å². The van der Waals surface area contributed by atoms with Gasteiger partial charge in [0.1, 0.15) is 5.82 Å². The molecule has 2 unspecified atom stereocenters. The van der Waals surface area contributed by atoms with Gasteiger partial charge in [0, 0.05) is 44.1 Å². The normalized spacial score (nSPS) is 21.4. The predicted octanol–water partition coefficient (Wildman–Crippen LogP) is 5.28. The maximum Gasteiger partial charge on any atom is 0.320 e. The predicted molar refractivity (Wildman–Crippen MR) is 120 cm³/mol. The lowest BCUT2D eigenvalue weighted by Gasteiger charge is -2.39. The van der Waals surface area contributed by atoms with Crippen LogP contribution in [0.5, 0.6) is 0 Å². The third-order valence-electron chi connectivity index (χ3n) is 6.68. The number of piperidine rings is 1. The van der Waals surface area contributed by atoms with E-state index in [2.05, 4.69) is 31.2 Å². The van der Waals surface area contributed by atoms with Crippen molar-refractivity contribution in [1.29, 1.82) is 0 Å². The van der Waals surface area contributed by atoms with Crippen LogP contribution in [0.15, 0.2) is 48.5 Å². The smallest absolute Gasteiger partial charge is 0.320 e. The third-order valence-corrected chi connectivity index (χ3v) is 6.68. The molecule has 2 amide bonds. The van der Waals surface area contributed by atoms with E-state index in [4.69, 9.17) is 0 Å². The number of urea groups is 1. The highest BCUT2D eigenvalue weighted by Gasteiger charge is 2.34. The average Bonchev–Trinajstić information content (AvgIpc) is 3.34. The fourth-order valence-corrected chi connectivity index (χ4v) is 4.90. The largest absolute Gasteiger partial charge is 0.325 e. The third kappa shape index (κ3) is 5.15. The zero-order valence-electron chi connectivity index (χ0n) is 18.2. The molecule has 0 spiro atoms. The minimum atomic E-state index is -0.341. The summed E-state index contributed by atoms with van der Waals surface area (Å²) in [4.78, 5) is 29.9. The summed E-state index contributed by atoms with van der Waals surface area (Å²) in [5.41, 5.74) is 3.07. The Bertz CT molecular complexity index is 904. The lowest BCUT2D eigenvalue weighted by Crippen LogP contribution is -2.49. The summed E-state index contributed by atoms with van der Waals surface area (Å²) < 4.78 is 13.2. The summed E-state index contributed by atoms with van der Waals surface area (Å²) in [6.07, 6.45) is 4.38. The van der Waals surface area contributed by atoms with Crippen LogP contribution in [0.3, 0.4) is 0 Å². The molecule has 0 saturated carbocycles. The van der Waals surface area contributed by atoms with E-state index in [1.54, 1.807) is 12.1 Å². The molecular weight excluding hydrogens is 391 g/mol. The number of halogens is 1. The molecular formula is C26H31FN2O2. The van der Waals surface area contributed by atoms with Gasteiger partial charge in [-0.25, -0.2) is 9.18 Å². The SMILES string of the molecule is CCc1ccc(C2CC(CC(=O)c3ccc(F)cc3)CN(C(=O)N3CCCC3)C2)cc1. The Morgan fingerprint density at radius 1 is 0.935 bits per heavy atom. The summed E-state index contributed by atoms with van der Waals surface area (Å²) in [6, 6.07) is 14.5. The van der Waals surface area contributed by atoms with Crippen molar-refractivity contribution in [2.45, 2.75) is 44.9 Å². The second-order valence-corrected chi connectivity index (χ2v) is 8.91. The fraction of sp³-hybridized carbons (Fsp3) is 0.462. The van der Waals surface area contributed by atoms with E-state index in [1.807, 2.05) is 9.80 Å². The summed E-state index contributed by atoms with van der Waals surface area (Å²) in [5.74, 6) is -0.0151. The molecule has 5 heteroatoms. The minimum Gasteiger partial charge on any atom is -0.325 e. The van der Waals surface area contributed by atoms with Gasteiger partial charge in [0.05, 0.1) is 0 Å². The van der Waals surface area contributed by atoms with Crippen LogP contribution >= 0.6 is 0 Å². The number of amides is 2. The van der Waals surface area contributed by atoms with E-state index in [9.17, 15) is 14.0 Å². The molecule has 0 aromatic heterocycles. The maximum absolute atomic E-state index is 13.2. The highest BCUT2D eigenvalue weighted by atomic mass is 19.1. The van der Waals surface area contributed by atoms with Crippen molar-refractivity contribution in [3.63, 3.8) is 0 Å². The second-order valence-electron chi connectivity index (χ2n) is 8.91. The van der Waals surface area contributed by atoms with Crippen molar-refractivity contribution < 1.29 is 14.0 Å². The van der Waals surface area contributed by atoms with Gasteiger partial charge in [-0.3, -0.25) is 4.79 Å².